The smallest absolute Gasteiger partial charge is 0.0992 e. The van der Waals surface area contributed by atoms with Crippen molar-refractivity contribution in [3.63, 3.8) is 0 Å². The van der Waals surface area contributed by atoms with Crippen molar-refractivity contribution in [2.45, 2.75) is 25.8 Å². The number of nitrogens with zero attached hydrogens (tertiary/aromatic N) is 1. The zero-order valence-corrected chi connectivity index (χ0v) is 11.5. The van der Waals surface area contributed by atoms with Crippen LogP contribution in [0, 0.1) is 18.3 Å². The van der Waals surface area contributed by atoms with Crippen molar-refractivity contribution in [1.82, 2.24) is 0 Å². The van der Waals surface area contributed by atoms with Gasteiger partial charge in [0, 0.05) is 11.4 Å². The van der Waals surface area contributed by atoms with Gasteiger partial charge < -0.3 is 11.1 Å². The van der Waals surface area contributed by atoms with Crippen LogP contribution in [0.15, 0.2) is 36.4 Å². The minimum atomic E-state index is 0.304. The number of nitrogens with two attached hydrogens (primary N) is 1. The van der Waals surface area contributed by atoms with Crippen molar-refractivity contribution in [1.29, 1.82) is 5.26 Å². The molecule has 20 heavy (non-hydrogen) atoms. The fourth-order valence-corrected chi connectivity index (χ4v) is 2.82. The Hall–Kier alpha value is -2.47. The van der Waals surface area contributed by atoms with E-state index in [2.05, 4.69) is 30.4 Å². The molecule has 0 saturated carbocycles. The third-order valence-corrected chi connectivity index (χ3v) is 3.94. The fourth-order valence-electron chi connectivity index (χ4n) is 2.82. The summed E-state index contributed by atoms with van der Waals surface area (Å²) in [7, 11) is 0. The number of hydrogen-bond donors (Lipinski definition) is 2. The maximum absolute atomic E-state index is 9.01. The van der Waals surface area contributed by atoms with E-state index >= 15 is 0 Å². The summed E-state index contributed by atoms with van der Waals surface area (Å²) in [5.74, 6) is 0. The molecule has 0 spiro atoms. The van der Waals surface area contributed by atoms with Crippen LogP contribution >= 0.6 is 0 Å². The number of benzene rings is 2. The zero-order valence-electron chi connectivity index (χ0n) is 11.5. The van der Waals surface area contributed by atoms with Crippen molar-refractivity contribution in [2.75, 3.05) is 11.1 Å². The number of anilines is 2. The number of hydrogen-bond acceptors (Lipinski definition) is 3. The topological polar surface area (TPSA) is 61.8 Å². The van der Waals surface area contributed by atoms with E-state index < -0.39 is 0 Å². The molecule has 1 unspecified atom stereocenters. The molecular formula is C17H17N3. The van der Waals surface area contributed by atoms with Crippen LogP contribution in [0.25, 0.3) is 0 Å². The first-order valence-corrected chi connectivity index (χ1v) is 6.83. The van der Waals surface area contributed by atoms with Crippen LogP contribution in [0.2, 0.25) is 0 Å². The van der Waals surface area contributed by atoms with Crippen LogP contribution in [0.1, 0.15) is 34.7 Å². The van der Waals surface area contributed by atoms with Crippen molar-refractivity contribution in [2.24, 2.45) is 0 Å². The third-order valence-electron chi connectivity index (χ3n) is 3.94. The minimum Gasteiger partial charge on any atom is -0.399 e. The molecule has 100 valence electrons. The van der Waals surface area contributed by atoms with E-state index in [1.165, 1.54) is 11.1 Å². The molecule has 2 aromatic carbocycles. The summed E-state index contributed by atoms with van der Waals surface area (Å²) in [5.41, 5.74) is 12.2. The van der Waals surface area contributed by atoms with Crippen LogP contribution in [-0.2, 0) is 6.42 Å². The van der Waals surface area contributed by atoms with Gasteiger partial charge in [-0.1, -0.05) is 12.1 Å². The molecule has 1 aliphatic carbocycles. The summed E-state index contributed by atoms with van der Waals surface area (Å²) in [6.07, 6.45) is 2.12. The number of nitrogen functional groups attached to an aromatic ring is 1. The number of aryl methyl sites for hydroxylation is 2. The average Bonchev–Trinajstić information content (AvgIpc) is 2.83. The Labute approximate surface area is 119 Å². The fraction of sp³-hybridized carbons (Fsp3) is 0.235. The largest absolute Gasteiger partial charge is 0.399 e. The van der Waals surface area contributed by atoms with Crippen LogP contribution in [0.4, 0.5) is 11.4 Å². The Balaban J connectivity index is 1.89. The van der Waals surface area contributed by atoms with Gasteiger partial charge in [0.15, 0.2) is 0 Å². The Morgan fingerprint density at radius 3 is 2.90 bits per heavy atom. The first kappa shape index (κ1) is 12.6. The van der Waals surface area contributed by atoms with Gasteiger partial charge in [-0.05, 0) is 60.7 Å². The SMILES string of the molecule is Cc1ccc(C#N)cc1NC1CCc2cc(N)ccc21. The van der Waals surface area contributed by atoms with Crippen molar-refractivity contribution in [3.8, 4) is 6.07 Å². The van der Waals surface area contributed by atoms with Crippen LogP contribution < -0.4 is 11.1 Å². The molecule has 3 N–H and O–H groups in total. The van der Waals surface area contributed by atoms with Crippen molar-refractivity contribution in [3.05, 3.63) is 58.7 Å². The Kier molecular flexibility index (Phi) is 3.08. The van der Waals surface area contributed by atoms with Crippen molar-refractivity contribution < 1.29 is 0 Å². The molecule has 2 aromatic rings. The average molecular weight is 263 g/mol. The highest BCUT2D eigenvalue weighted by atomic mass is 14.9. The second-order valence-corrected chi connectivity index (χ2v) is 5.34. The standard InChI is InChI=1S/C17H17N3/c1-11-2-3-12(10-18)8-17(11)20-16-7-4-13-9-14(19)5-6-15(13)16/h2-3,5-6,8-9,16,20H,4,7,19H2,1H3. The molecular weight excluding hydrogens is 246 g/mol. The van der Waals surface area contributed by atoms with E-state index in [4.69, 9.17) is 11.0 Å². The molecule has 3 heteroatoms. The molecule has 0 heterocycles. The second kappa shape index (κ2) is 4.90. The molecule has 3 nitrogen and oxygen atoms in total. The Morgan fingerprint density at radius 1 is 1.25 bits per heavy atom. The maximum Gasteiger partial charge on any atom is 0.0992 e. The molecule has 0 aromatic heterocycles. The summed E-state index contributed by atoms with van der Waals surface area (Å²) in [6.45, 7) is 2.06. The molecule has 3 rings (SSSR count). The summed E-state index contributed by atoms with van der Waals surface area (Å²) in [4.78, 5) is 0. The van der Waals surface area contributed by atoms with E-state index in [1.807, 2.05) is 24.3 Å². The van der Waals surface area contributed by atoms with Gasteiger partial charge in [0.2, 0.25) is 0 Å². The Bertz CT molecular complexity index is 698. The molecule has 0 radical (unpaired) electrons. The van der Waals surface area contributed by atoms with Gasteiger partial charge in [-0.25, -0.2) is 0 Å². The normalized spacial score (nSPS) is 16.5. The minimum absolute atomic E-state index is 0.304. The lowest BCUT2D eigenvalue weighted by atomic mass is 10.1. The van der Waals surface area contributed by atoms with Crippen LogP contribution in [0.3, 0.4) is 0 Å². The Morgan fingerprint density at radius 2 is 2.10 bits per heavy atom. The highest BCUT2D eigenvalue weighted by Gasteiger charge is 2.22. The first-order valence-electron chi connectivity index (χ1n) is 6.83. The van der Waals surface area contributed by atoms with Gasteiger partial charge in [0.05, 0.1) is 17.7 Å². The number of nitrogens with one attached hydrogen (secondary N) is 1. The molecule has 0 aliphatic heterocycles. The lowest BCUT2D eigenvalue weighted by Gasteiger charge is -2.17. The summed E-state index contributed by atoms with van der Waals surface area (Å²) >= 11 is 0. The van der Waals surface area contributed by atoms with E-state index in [1.54, 1.807) is 0 Å². The van der Waals surface area contributed by atoms with Gasteiger partial charge in [-0.2, -0.15) is 5.26 Å². The molecule has 0 bridgehead atoms. The molecule has 1 aliphatic rings. The van der Waals surface area contributed by atoms with E-state index in [0.717, 1.165) is 29.8 Å². The molecule has 0 saturated heterocycles. The number of fused-ring (bicyclic) bond motifs is 1. The molecule has 0 fully saturated rings. The zero-order chi connectivity index (χ0) is 14.1. The van der Waals surface area contributed by atoms with Gasteiger partial charge >= 0.3 is 0 Å². The predicted molar refractivity (Wildman–Crippen MR) is 81.4 cm³/mol. The summed E-state index contributed by atoms with van der Waals surface area (Å²) < 4.78 is 0. The number of rotatable bonds is 2. The lowest BCUT2D eigenvalue weighted by molar-refractivity contribution is 0.761. The van der Waals surface area contributed by atoms with Gasteiger partial charge in [-0.15, -0.1) is 0 Å². The van der Waals surface area contributed by atoms with Crippen LogP contribution in [0.5, 0.6) is 0 Å². The lowest BCUT2D eigenvalue weighted by Crippen LogP contribution is -2.08. The highest BCUT2D eigenvalue weighted by Crippen LogP contribution is 2.35. The van der Waals surface area contributed by atoms with Crippen LogP contribution in [-0.4, -0.2) is 0 Å². The van der Waals surface area contributed by atoms with Gasteiger partial charge in [0.1, 0.15) is 0 Å². The van der Waals surface area contributed by atoms with Crippen molar-refractivity contribution >= 4 is 11.4 Å². The third kappa shape index (κ3) is 2.21. The summed E-state index contributed by atoms with van der Waals surface area (Å²) in [6, 6.07) is 14.4. The monoisotopic (exact) mass is 263 g/mol. The molecule has 0 amide bonds. The molecule has 1 atom stereocenters. The van der Waals surface area contributed by atoms with E-state index in [0.29, 0.717) is 11.6 Å². The number of nitriles is 1. The second-order valence-electron chi connectivity index (χ2n) is 5.34. The summed E-state index contributed by atoms with van der Waals surface area (Å²) in [5, 5.41) is 12.6. The van der Waals surface area contributed by atoms with E-state index in [9.17, 15) is 0 Å². The first-order chi connectivity index (χ1) is 9.67. The maximum atomic E-state index is 9.01. The van der Waals surface area contributed by atoms with Gasteiger partial charge in [0.25, 0.3) is 0 Å². The quantitative estimate of drug-likeness (QED) is 0.814. The van der Waals surface area contributed by atoms with E-state index in [-0.39, 0.29) is 0 Å². The predicted octanol–water partition coefficient (Wildman–Crippen LogP) is 3.55. The highest BCUT2D eigenvalue weighted by molar-refractivity contribution is 5.58. The van der Waals surface area contributed by atoms with Gasteiger partial charge in [-0.3, -0.25) is 0 Å².